The van der Waals surface area contributed by atoms with E-state index in [1.807, 2.05) is 0 Å². The van der Waals surface area contributed by atoms with Gasteiger partial charge in [-0.05, 0) is 46.2 Å². The molecule has 3 aromatic rings. The Morgan fingerprint density at radius 3 is 2.10 bits per heavy atom. The molecule has 21 heavy (non-hydrogen) atoms. The number of halogens is 4. The molecule has 0 spiro atoms. The van der Waals surface area contributed by atoms with Gasteiger partial charge in [0, 0.05) is 0 Å². The van der Waals surface area contributed by atoms with Crippen LogP contribution in [0.4, 0.5) is 17.6 Å². The molecule has 0 nitrogen and oxygen atoms in total. The summed E-state index contributed by atoms with van der Waals surface area (Å²) in [6.07, 6.45) is -4.49. The molecule has 0 fully saturated rings. The van der Waals surface area contributed by atoms with Crippen LogP contribution in [0.25, 0.3) is 21.9 Å². The summed E-state index contributed by atoms with van der Waals surface area (Å²) in [4.78, 5) is 0. The summed E-state index contributed by atoms with van der Waals surface area (Å²) >= 11 is 0. The van der Waals surface area contributed by atoms with E-state index in [0.29, 0.717) is 10.9 Å². The molecule has 0 atom stereocenters. The Balaban J connectivity index is 2.34. The highest BCUT2D eigenvalue weighted by Gasteiger charge is 2.34. The Bertz CT molecular complexity index is 789. The van der Waals surface area contributed by atoms with Crippen LogP contribution in [-0.2, 0) is 6.18 Å². The predicted molar refractivity (Wildman–Crippen MR) is 74.3 cm³/mol. The number of fused-ring (bicyclic) bond motifs is 1. The van der Waals surface area contributed by atoms with Gasteiger partial charge in [0.05, 0.1) is 5.56 Å². The van der Waals surface area contributed by atoms with Crippen molar-refractivity contribution in [3.05, 3.63) is 72.0 Å². The summed E-state index contributed by atoms with van der Waals surface area (Å²) in [7, 11) is 0. The lowest BCUT2D eigenvalue weighted by Crippen LogP contribution is -2.07. The summed E-state index contributed by atoms with van der Waals surface area (Å²) in [5, 5.41) is 0.810. The van der Waals surface area contributed by atoms with Gasteiger partial charge in [-0.1, -0.05) is 36.4 Å². The molecule has 3 rings (SSSR count). The van der Waals surface area contributed by atoms with E-state index >= 15 is 0 Å². The molecular weight excluding hydrogens is 280 g/mol. The first-order valence-corrected chi connectivity index (χ1v) is 6.31. The van der Waals surface area contributed by atoms with Crippen molar-refractivity contribution in [2.75, 3.05) is 0 Å². The van der Waals surface area contributed by atoms with Crippen LogP contribution in [0.15, 0.2) is 60.7 Å². The summed E-state index contributed by atoms with van der Waals surface area (Å²) in [6.45, 7) is 0. The predicted octanol–water partition coefficient (Wildman–Crippen LogP) is 5.66. The minimum absolute atomic E-state index is 0.0993. The van der Waals surface area contributed by atoms with E-state index in [1.54, 1.807) is 30.3 Å². The first kappa shape index (κ1) is 13.6. The maximum Gasteiger partial charge on any atom is 0.417 e. The smallest absolute Gasteiger partial charge is 0.207 e. The molecule has 0 N–H and O–H groups in total. The highest BCUT2D eigenvalue weighted by molar-refractivity contribution is 5.89. The molecule has 106 valence electrons. The quantitative estimate of drug-likeness (QED) is 0.507. The summed E-state index contributed by atoms with van der Waals surface area (Å²) < 4.78 is 53.0. The van der Waals surface area contributed by atoms with Crippen LogP contribution in [0.5, 0.6) is 0 Å². The molecule has 0 aromatic heterocycles. The van der Waals surface area contributed by atoms with Crippen LogP contribution in [0.2, 0.25) is 0 Å². The number of hydrogen-bond acceptors (Lipinski definition) is 0. The molecule has 0 aliphatic rings. The van der Waals surface area contributed by atoms with E-state index in [-0.39, 0.29) is 10.9 Å². The third kappa shape index (κ3) is 2.61. The van der Waals surface area contributed by atoms with Crippen molar-refractivity contribution in [2.24, 2.45) is 0 Å². The fourth-order valence-electron chi connectivity index (χ4n) is 2.36. The number of alkyl halides is 3. The maximum atomic E-state index is 13.3. The van der Waals surface area contributed by atoms with Crippen molar-refractivity contribution in [1.82, 2.24) is 0 Å². The number of benzene rings is 3. The lowest BCUT2D eigenvalue weighted by molar-refractivity contribution is -0.137. The SMILES string of the molecule is Fc1ccc2cc(-c3ccccc3)c(C(F)(F)F)cc2c1. The highest BCUT2D eigenvalue weighted by Crippen LogP contribution is 2.39. The van der Waals surface area contributed by atoms with Gasteiger partial charge in [-0.25, -0.2) is 4.39 Å². The minimum atomic E-state index is -4.49. The lowest BCUT2D eigenvalue weighted by atomic mass is 9.95. The normalized spacial score (nSPS) is 11.8. The third-order valence-electron chi connectivity index (χ3n) is 3.33. The largest absolute Gasteiger partial charge is 0.417 e. The number of hydrogen-bond donors (Lipinski definition) is 0. The van der Waals surface area contributed by atoms with Crippen molar-refractivity contribution >= 4 is 10.8 Å². The molecular formula is C17H10F4. The van der Waals surface area contributed by atoms with Crippen LogP contribution < -0.4 is 0 Å². The van der Waals surface area contributed by atoms with Gasteiger partial charge >= 0.3 is 6.18 Å². The lowest BCUT2D eigenvalue weighted by Gasteiger charge is -2.14. The Hall–Kier alpha value is -2.36. The zero-order chi connectivity index (χ0) is 15.0. The van der Waals surface area contributed by atoms with Crippen molar-refractivity contribution in [3.63, 3.8) is 0 Å². The van der Waals surface area contributed by atoms with Gasteiger partial charge in [-0.3, -0.25) is 0 Å². The summed E-state index contributed by atoms with van der Waals surface area (Å²) in [6, 6.07) is 14.6. The second kappa shape index (κ2) is 4.88. The van der Waals surface area contributed by atoms with E-state index in [9.17, 15) is 17.6 Å². The van der Waals surface area contributed by atoms with Crippen molar-refractivity contribution in [2.45, 2.75) is 6.18 Å². The van der Waals surface area contributed by atoms with Crippen LogP contribution in [0, 0.1) is 5.82 Å². The minimum Gasteiger partial charge on any atom is -0.207 e. The van der Waals surface area contributed by atoms with Gasteiger partial charge in [0.2, 0.25) is 0 Å². The zero-order valence-electron chi connectivity index (χ0n) is 10.8. The monoisotopic (exact) mass is 290 g/mol. The highest BCUT2D eigenvalue weighted by atomic mass is 19.4. The molecule has 4 heteroatoms. The van der Waals surface area contributed by atoms with Crippen molar-refractivity contribution < 1.29 is 17.6 Å². The fraction of sp³-hybridized carbons (Fsp3) is 0.0588. The van der Waals surface area contributed by atoms with E-state index in [4.69, 9.17) is 0 Å². The van der Waals surface area contributed by atoms with Crippen molar-refractivity contribution in [3.8, 4) is 11.1 Å². The molecule has 3 aromatic carbocycles. The molecule has 0 bridgehead atoms. The van der Waals surface area contributed by atoms with Crippen molar-refractivity contribution in [1.29, 1.82) is 0 Å². The molecule has 0 saturated heterocycles. The maximum absolute atomic E-state index is 13.3. The molecule has 0 aliphatic carbocycles. The summed E-state index contributed by atoms with van der Waals surface area (Å²) in [5.74, 6) is -0.553. The first-order valence-electron chi connectivity index (χ1n) is 6.31. The second-order valence-corrected chi connectivity index (χ2v) is 4.75. The Morgan fingerprint density at radius 2 is 1.43 bits per heavy atom. The molecule has 0 saturated carbocycles. The molecule has 0 aliphatic heterocycles. The van der Waals surface area contributed by atoms with E-state index in [0.717, 1.165) is 12.1 Å². The average molecular weight is 290 g/mol. The van der Waals surface area contributed by atoms with Gasteiger partial charge in [-0.15, -0.1) is 0 Å². The molecule has 0 radical (unpaired) electrons. The topological polar surface area (TPSA) is 0 Å². The number of rotatable bonds is 1. The average Bonchev–Trinajstić information content (AvgIpc) is 2.46. The van der Waals surface area contributed by atoms with Gasteiger partial charge in [-0.2, -0.15) is 13.2 Å². The van der Waals surface area contributed by atoms with Gasteiger partial charge in [0.15, 0.2) is 0 Å². The molecule has 0 unspecified atom stereocenters. The second-order valence-electron chi connectivity index (χ2n) is 4.75. The Morgan fingerprint density at radius 1 is 0.714 bits per heavy atom. The first-order chi connectivity index (χ1) is 9.95. The fourth-order valence-corrected chi connectivity index (χ4v) is 2.36. The Kier molecular flexibility index (Phi) is 3.16. The van der Waals surface area contributed by atoms with E-state index in [1.165, 1.54) is 18.2 Å². The van der Waals surface area contributed by atoms with Gasteiger partial charge in [0.25, 0.3) is 0 Å². The van der Waals surface area contributed by atoms with E-state index in [2.05, 4.69) is 0 Å². The van der Waals surface area contributed by atoms with Crippen LogP contribution in [-0.4, -0.2) is 0 Å². The van der Waals surface area contributed by atoms with Crippen LogP contribution >= 0.6 is 0 Å². The Labute approximate surface area is 118 Å². The zero-order valence-corrected chi connectivity index (χ0v) is 10.8. The summed E-state index contributed by atoms with van der Waals surface area (Å²) in [5.41, 5.74) is -0.176. The van der Waals surface area contributed by atoms with Gasteiger partial charge < -0.3 is 0 Å². The standard InChI is InChI=1S/C17H10F4/c18-14-7-6-12-9-15(11-4-2-1-3-5-11)16(17(19,20)21)10-13(12)8-14/h1-10H. The van der Waals surface area contributed by atoms with E-state index < -0.39 is 17.6 Å². The third-order valence-corrected chi connectivity index (χ3v) is 3.33. The van der Waals surface area contributed by atoms with Gasteiger partial charge in [0.1, 0.15) is 5.82 Å². The van der Waals surface area contributed by atoms with Crippen LogP contribution in [0.1, 0.15) is 5.56 Å². The van der Waals surface area contributed by atoms with Crippen LogP contribution in [0.3, 0.4) is 0 Å². The molecule has 0 heterocycles. The molecule has 0 amide bonds.